The van der Waals surface area contributed by atoms with E-state index in [-0.39, 0.29) is 5.91 Å². The number of allylic oxidation sites excluding steroid dienone is 1. The van der Waals surface area contributed by atoms with E-state index in [1.165, 1.54) is 26.7 Å². The first-order chi connectivity index (χ1) is 10.9. The average molecular weight is 320 g/mol. The first kappa shape index (κ1) is 17.7. The van der Waals surface area contributed by atoms with Crippen molar-refractivity contribution in [1.29, 1.82) is 0 Å². The zero-order chi connectivity index (χ0) is 16.9. The van der Waals surface area contributed by atoms with Gasteiger partial charge in [-0.05, 0) is 57.9 Å². The van der Waals surface area contributed by atoms with Crippen LogP contribution < -0.4 is 5.32 Å². The fraction of sp³-hybridized carbons (Fsp3) is 0.706. The summed E-state index contributed by atoms with van der Waals surface area (Å²) in [6, 6.07) is 0. The number of carbonyl (C=O) groups excluding carboxylic acids is 1. The topological polar surface area (TPSA) is 80.0 Å². The van der Waals surface area contributed by atoms with Crippen molar-refractivity contribution in [1.82, 2.24) is 20.3 Å². The van der Waals surface area contributed by atoms with Crippen LogP contribution in [0.15, 0.2) is 12.3 Å². The predicted molar refractivity (Wildman–Crippen MR) is 89.5 cm³/mol. The molecule has 2 N–H and O–H groups in total. The molecule has 1 aliphatic carbocycles. The Morgan fingerprint density at radius 1 is 1.48 bits per heavy atom. The van der Waals surface area contributed by atoms with E-state index >= 15 is 0 Å². The molecule has 1 aromatic rings. The summed E-state index contributed by atoms with van der Waals surface area (Å²) in [5, 5.41) is 20.8. The molecule has 0 bridgehead atoms. The fourth-order valence-corrected chi connectivity index (χ4v) is 3.12. The predicted octanol–water partition coefficient (Wildman–Crippen LogP) is 2.00. The largest absolute Gasteiger partial charge is 0.381 e. The molecule has 2 rings (SSSR count). The van der Waals surface area contributed by atoms with Crippen LogP contribution in [0.3, 0.4) is 0 Å². The Hall–Kier alpha value is -1.69. The minimum absolute atomic E-state index is 0.299. The van der Waals surface area contributed by atoms with Crippen LogP contribution in [0.2, 0.25) is 0 Å². The van der Waals surface area contributed by atoms with Crippen LogP contribution in [0.1, 0.15) is 52.1 Å². The Balaban J connectivity index is 1.82. The van der Waals surface area contributed by atoms with E-state index in [0.29, 0.717) is 18.4 Å². The number of amides is 1. The van der Waals surface area contributed by atoms with Gasteiger partial charge in [0.15, 0.2) is 0 Å². The number of aliphatic hydroxyl groups is 1. The van der Waals surface area contributed by atoms with Crippen LogP contribution in [0, 0.1) is 11.8 Å². The Bertz CT molecular complexity index is 545. The van der Waals surface area contributed by atoms with Crippen LogP contribution in [0.25, 0.3) is 6.08 Å². The summed E-state index contributed by atoms with van der Waals surface area (Å²) in [4.78, 5) is 11.8. The second-order valence-corrected chi connectivity index (χ2v) is 7.03. The van der Waals surface area contributed by atoms with Gasteiger partial charge in [0.25, 0.3) is 5.91 Å². The van der Waals surface area contributed by atoms with Gasteiger partial charge in [0.05, 0.1) is 6.20 Å². The minimum Gasteiger partial charge on any atom is -0.381 e. The molecule has 1 heterocycles. The highest BCUT2D eigenvalue weighted by Gasteiger charge is 2.27. The first-order valence-corrected chi connectivity index (χ1v) is 8.42. The third-order valence-electron chi connectivity index (χ3n) is 4.34. The lowest BCUT2D eigenvalue weighted by atomic mass is 9.81. The summed E-state index contributed by atoms with van der Waals surface area (Å²) >= 11 is 0. The second kappa shape index (κ2) is 7.73. The van der Waals surface area contributed by atoms with Crippen molar-refractivity contribution in [3.8, 4) is 0 Å². The summed E-state index contributed by atoms with van der Waals surface area (Å²) < 4.78 is 1.91. The van der Waals surface area contributed by atoms with Gasteiger partial charge in [-0.25, -0.2) is 0 Å². The van der Waals surface area contributed by atoms with Crippen LogP contribution in [-0.4, -0.2) is 38.2 Å². The van der Waals surface area contributed by atoms with Gasteiger partial charge in [0.2, 0.25) is 0 Å². The van der Waals surface area contributed by atoms with Gasteiger partial charge >= 0.3 is 0 Å². The molecule has 1 saturated carbocycles. The number of aromatic nitrogens is 3. The van der Waals surface area contributed by atoms with Crippen molar-refractivity contribution in [2.75, 3.05) is 6.54 Å². The molecule has 0 radical (unpaired) electrons. The quantitative estimate of drug-likeness (QED) is 0.840. The van der Waals surface area contributed by atoms with Gasteiger partial charge in [-0.3, -0.25) is 9.48 Å². The maximum absolute atomic E-state index is 11.8. The maximum Gasteiger partial charge on any atom is 0.251 e. The molecule has 1 aromatic heterocycles. The SMILES string of the molecule is C/C=C/c1cn(C[C@@H]2CCC[C@H](CNC(=O)C(C)(C)O)C2)nn1. The summed E-state index contributed by atoms with van der Waals surface area (Å²) in [5.41, 5.74) is -0.421. The van der Waals surface area contributed by atoms with Crippen LogP contribution >= 0.6 is 0 Å². The molecule has 1 aliphatic rings. The number of hydrogen-bond acceptors (Lipinski definition) is 4. The molecule has 128 valence electrons. The smallest absolute Gasteiger partial charge is 0.251 e. The summed E-state index contributed by atoms with van der Waals surface area (Å²) in [7, 11) is 0. The molecule has 0 saturated heterocycles. The van der Waals surface area contributed by atoms with Gasteiger partial charge in [-0.15, -0.1) is 5.10 Å². The number of carbonyl (C=O) groups is 1. The third-order valence-corrected chi connectivity index (χ3v) is 4.34. The fourth-order valence-electron chi connectivity index (χ4n) is 3.12. The Morgan fingerprint density at radius 3 is 2.91 bits per heavy atom. The molecule has 0 spiro atoms. The number of rotatable bonds is 6. The lowest BCUT2D eigenvalue weighted by Gasteiger charge is -2.29. The maximum atomic E-state index is 11.8. The van der Waals surface area contributed by atoms with E-state index in [4.69, 9.17) is 0 Å². The molecule has 1 fully saturated rings. The van der Waals surface area contributed by atoms with Gasteiger partial charge in [-0.2, -0.15) is 0 Å². The highest BCUT2D eigenvalue weighted by atomic mass is 16.3. The molecule has 6 nitrogen and oxygen atoms in total. The van der Waals surface area contributed by atoms with Gasteiger partial charge < -0.3 is 10.4 Å². The Kier molecular flexibility index (Phi) is 5.93. The van der Waals surface area contributed by atoms with Crippen LogP contribution in [0.4, 0.5) is 0 Å². The number of hydrogen-bond donors (Lipinski definition) is 2. The third kappa shape index (κ3) is 5.46. The molecule has 2 atom stereocenters. The van der Waals surface area contributed by atoms with Crippen molar-refractivity contribution >= 4 is 12.0 Å². The highest BCUT2D eigenvalue weighted by Crippen LogP contribution is 2.29. The molecular formula is C17H28N4O2. The monoisotopic (exact) mass is 320 g/mol. The molecule has 23 heavy (non-hydrogen) atoms. The summed E-state index contributed by atoms with van der Waals surface area (Å²) in [6.07, 6.45) is 10.4. The van der Waals surface area contributed by atoms with Crippen LogP contribution in [-0.2, 0) is 11.3 Å². The highest BCUT2D eigenvalue weighted by molar-refractivity contribution is 5.83. The van der Waals surface area contributed by atoms with Gasteiger partial charge in [0, 0.05) is 13.1 Å². The summed E-state index contributed by atoms with van der Waals surface area (Å²) in [6.45, 7) is 6.51. The lowest BCUT2D eigenvalue weighted by molar-refractivity contribution is -0.136. The van der Waals surface area contributed by atoms with E-state index < -0.39 is 5.60 Å². The van der Waals surface area contributed by atoms with Crippen LogP contribution in [0.5, 0.6) is 0 Å². The zero-order valence-corrected chi connectivity index (χ0v) is 14.3. The molecule has 0 unspecified atom stereocenters. The molecule has 0 aromatic carbocycles. The summed E-state index contributed by atoms with van der Waals surface area (Å²) in [5.74, 6) is 0.735. The van der Waals surface area contributed by atoms with Crippen molar-refractivity contribution in [3.63, 3.8) is 0 Å². The lowest BCUT2D eigenvalue weighted by Crippen LogP contribution is -2.44. The number of nitrogens with zero attached hydrogens (tertiary/aromatic N) is 3. The molecule has 6 heteroatoms. The van der Waals surface area contributed by atoms with E-state index in [1.54, 1.807) is 0 Å². The second-order valence-electron chi connectivity index (χ2n) is 7.03. The molecule has 1 amide bonds. The normalized spacial score (nSPS) is 22.4. The molecular weight excluding hydrogens is 292 g/mol. The van der Waals surface area contributed by atoms with E-state index in [1.807, 2.05) is 30.0 Å². The zero-order valence-electron chi connectivity index (χ0n) is 14.3. The van der Waals surface area contributed by atoms with Crippen molar-refractivity contribution in [3.05, 3.63) is 18.0 Å². The van der Waals surface area contributed by atoms with Crippen molar-refractivity contribution in [2.24, 2.45) is 11.8 Å². The van der Waals surface area contributed by atoms with Gasteiger partial charge in [0.1, 0.15) is 11.3 Å². The van der Waals surface area contributed by atoms with Gasteiger partial charge in [-0.1, -0.05) is 17.7 Å². The standard InChI is InChI=1S/C17H28N4O2/c1-4-6-15-12-21(20-19-15)11-14-8-5-7-13(9-14)10-18-16(22)17(2,3)23/h4,6,12-14,23H,5,7-11H2,1-3H3,(H,18,22)/b6-4+/t13-,14+/m0/s1. The van der Waals surface area contributed by atoms with Crippen molar-refractivity contribution < 1.29 is 9.90 Å². The Labute approximate surface area is 138 Å². The van der Waals surface area contributed by atoms with E-state index in [2.05, 4.69) is 15.6 Å². The number of nitrogens with one attached hydrogen (secondary N) is 1. The molecule has 0 aliphatic heterocycles. The van der Waals surface area contributed by atoms with E-state index in [0.717, 1.165) is 25.1 Å². The van der Waals surface area contributed by atoms with Crippen molar-refractivity contribution in [2.45, 2.75) is 58.6 Å². The Morgan fingerprint density at radius 2 is 2.22 bits per heavy atom. The van der Waals surface area contributed by atoms with E-state index in [9.17, 15) is 9.90 Å². The first-order valence-electron chi connectivity index (χ1n) is 8.42. The average Bonchev–Trinajstić information content (AvgIpc) is 2.92. The minimum atomic E-state index is -1.31.